The lowest BCUT2D eigenvalue weighted by Gasteiger charge is -2.05. The van der Waals surface area contributed by atoms with Crippen LogP contribution >= 0.6 is 22.9 Å². The van der Waals surface area contributed by atoms with E-state index in [-0.39, 0.29) is 29.8 Å². The van der Waals surface area contributed by atoms with E-state index in [1.165, 1.54) is 23.5 Å². The Kier molecular flexibility index (Phi) is 4.97. The van der Waals surface area contributed by atoms with Crippen molar-refractivity contribution in [3.63, 3.8) is 0 Å². The van der Waals surface area contributed by atoms with Crippen LogP contribution in [0.15, 0.2) is 44.9 Å². The van der Waals surface area contributed by atoms with Crippen LogP contribution in [0.3, 0.4) is 0 Å². The molecule has 1 aromatic carbocycles. The van der Waals surface area contributed by atoms with Crippen LogP contribution in [-0.4, -0.2) is 15.7 Å². The van der Waals surface area contributed by atoms with Gasteiger partial charge in [0.2, 0.25) is 5.91 Å². The van der Waals surface area contributed by atoms with Gasteiger partial charge in [-0.25, -0.2) is 4.79 Å². The van der Waals surface area contributed by atoms with E-state index in [2.05, 4.69) is 10.4 Å². The summed E-state index contributed by atoms with van der Waals surface area (Å²) in [6.45, 7) is 0.0869. The summed E-state index contributed by atoms with van der Waals surface area (Å²) in [5.74, 6) is -0.690. The number of thiophene rings is 1. The Hall–Kier alpha value is -2.89. The Balaban J connectivity index is 1.62. The predicted molar refractivity (Wildman–Crippen MR) is 93.5 cm³/mol. The number of nitrogens with zero attached hydrogens (tertiary/aromatic N) is 3. The van der Waals surface area contributed by atoms with Crippen molar-refractivity contribution < 1.29 is 9.21 Å². The van der Waals surface area contributed by atoms with Gasteiger partial charge >= 0.3 is 5.76 Å². The van der Waals surface area contributed by atoms with E-state index >= 15 is 0 Å². The number of rotatable bonds is 5. The summed E-state index contributed by atoms with van der Waals surface area (Å²) >= 11 is 7.32. The zero-order chi connectivity index (χ0) is 17.8. The van der Waals surface area contributed by atoms with Gasteiger partial charge in [-0.3, -0.25) is 4.79 Å². The first-order valence-corrected chi connectivity index (χ1v) is 8.44. The molecular formula is C16H11ClN4O3S. The molecule has 0 unspecified atom stereocenters. The van der Waals surface area contributed by atoms with Crippen molar-refractivity contribution in [2.75, 3.05) is 5.32 Å². The minimum Gasteiger partial charge on any atom is -0.387 e. The van der Waals surface area contributed by atoms with Crippen LogP contribution in [0.1, 0.15) is 12.0 Å². The maximum Gasteiger partial charge on any atom is 0.437 e. The number of carbonyl (C=O) groups is 1. The standard InChI is InChI=1S/C16H11ClN4O3S/c17-12-8-11(4-3-10(12)9-18)19-14(22)5-6-21-16(23)24-15(20-21)13-2-1-7-25-13/h1-4,7-8H,5-6H2,(H,19,22). The largest absolute Gasteiger partial charge is 0.437 e. The highest BCUT2D eigenvalue weighted by molar-refractivity contribution is 7.13. The van der Waals surface area contributed by atoms with Crippen molar-refractivity contribution in [1.29, 1.82) is 5.26 Å². The highest BCUT2D eigenvalue weighted by atomic mass is 35.5. The van der Waals surface area contributed by atoms with E-state index in [9.17, 15) is 9.59 Å². The monoisotopic (exact) mass is 374 g/mol. The highest BCUT2D eigenvalue weighted by Crippen LogP contribution is 2.21. The molecule has 2 heterocycles. The van der Waals surface area contributed by atoms with Crippen LogP contribution in [0, 0.1) is 11.3 Å². The van der Waals surface area contributed by atoms with Gasteiger partial charge in [-0.2, -0.15) is 9.94 Å². The summed E-state index contributed by atoms with van der Waals surface area (Å²) in [5.41, 5.74) is 0.802. The average Bonchev–Trinajstić information content (AvgIpc) is 3.23. The number of anilines is 1. The van der Waals surface area contributed by atoms with Crippen molar-refractivity contribution in [1.82, 2.24) is 9.78 Å². The summed E-state index contributed by atoms with van der Waals surface area (Å²) in [5, 5.41) is 17.7. The number of amides is 1. The molecule has 1 N–H and O–H groups in total. The molecular weight excluding hydrogens is 364 g/mol. The second-order valence-electron chi connectivity index (χ2n) is 4.98. The summed E-state index contributed by atoms with van der Waals surface area (Å²) in [4.78, 5) is 24.5. The van der Waals surface area contributed by atoms with Gasteiger partial charge in [-0.05, 0) is 29.6 Å². The van der Waals surface area contributed by atoms with Gasteiger partial charge in [0.25, 0.3) is 5.89 Å². The van der Waals surface area contributed by atoms with Crippen molar-refractivity contribution in [3.8, 4) is 16.8 Å². The molecule has 126 valence electrons. The third-order valence-electron chi connectivity index (χ3n) is 3.26. The number of aromatic nitrogens is 2. The highest BCUT2D eigenvalue weighted by Gasteiger charge is 2.12. The second-order valence-corrected chi connectivity index (χ2v) is 6.33. The summed E-state index contributed by atoms with van der Waals surface area (Å²) in [6.07, 6.45) is 0.0357. The van der Waals surface area contributed by atoms with Gasteiger partial charge in [0.1, 0.15) is 6.07 Å². The normalized spacial score (nSPS) is 10.4. The number of halogens is 1. The number of hydrogen-bond donors (Lipinski definition) is 1. The maximum atomic E-state index is 12.0. The van der Waals surface area contributed by atoms with Crippen molar-refractivity contribution in [2.45, 2.75) is 13.0 Å². The first-order valence-electron chi connectivity index (χ1n) is 7.18. The van der Waals surface area contributed by atoms with Gasteiger partial charge in [-0.15, -0.1) is 16.4 Å². The lowest BCUT2D eigenvalue weighted by atomic mass is 10.2. The molecule has 0 atom stereocenters. The fourth-order valence-electron chi connectivity index (χ4n) is 2.06. The first kappa shape index (κ1) is 17.0. The second kappa shape index (κ2) is 7.34. The number of nitrogens with one attached hydrogen (secondary N) is 1. The minimum atomic E-state index is -0.613. The Labute approximate surface area is 151 Å². The molecule has 0 radical (unpaired) electrons. The van der Waals surface area contributed by atoms with Gasteiger partial charge in [0.05, 0.1) is 22.0 Å². The molecule has 0 aliphatic carbocycles. The molecule has 0 saturated carbocycles. The third-order valence-corrected chi connectivity index (χ3v) is 4.43. The molecule has 0 fully saturated rings. The molecule has 25 heavy (non-hydrogen) atoms. The summed E-state index contributed by atoms with van der Waals surface area (Å²) in [6, 6.07) is 10.2. The fourth-order valence-corrected chi connectivity index (χ4v) is 2.93. The molecule has 0 spiro atoms. The van der Waals surface area contributed by atoms with Crippen molar-refractivity contribution >= 4 is 34.5 Å². The Morgan fingerprint density at radius 2 is 2.28 bits per heavy atom. The van der Waals surface area contributed by atoms with Crippen LogP contribution in [0.25, 0.3) is 10.8 Å². The molecule has 0 saturated heterocycles. The Morgan fingerprint density at radius 3 is 2.96 bits per heavy atom. The lowest BCUT2D eigenvalue weighted by molar-refractivity contribution is -0.116. The van der Waals surface area contributed by atoms with Crippen LogP contribution < -0.4 is 11.1 Å². The van der Waals surface area contributed by atoms with Gasteiger partial charge in [-0.1, -0.05) is 17.7 Å². The van der Waals surface area contributed by atoms with Crippen molar-refractivity contribution in [2.24, 2.45) is 0 Å². The number of aryl methyl sites for hydroxylation is 1. The predicted octanol–water partition coefficient (Wildman–Crippen LogP) is 3.12. The smallest absolute Gasteiger partial charge is 0.387 e. The molecule has 2 aromatic heterocycles. The molecule has 0 aliphatic rings. The average molecular weight is 375 g/mol. The number of carbonyl (C=O) groups excluding carboxylic acids is 1. The van der Waals surface area contributed by atoms with E-state index in [1.807, 2.05) is 17.5 Å². The maximum absolute atomic E-state index is 12.0. The molecule has 7 nitrogen and oxygen atoms in total. The number of benzene rings is 1. The van der Waals surface area contributed by atoms with E-state index in [1.54, 1.807) is 12.1 Å². The van der Waals surface area contributed by atoms with E-state index in [0.29, 0.717) is 11.3 Å². The third kappa shape index (κ3) is 3.96. The van der Waals surface area contributed by atoms with Gasteiger partial charge < -0.3 is 9.73 Å². The Bertz CT molecular complexity index is 1000. The quantitative estimate of drug-likeness (QED) is 0.739. The summed E-state index contributed by atoms with van der Waals surface area (Å²) < 4.78 is 6.19. The number of hydrogen-bond acceptors (Lipinski definition) is 6. The van der Waals surface area contributed by atoms with E-state index in [4.69, 9.17) is 21.3 Å². The lowest BCUT2D eigenvalue weighted by Crippen LogP contribution is -2.20. The molecule has 1 amide bonds. The van der Waals surface area contributed by atoms with Crippen LogP contribution in [-0.2, 0) is 11.3 Å². The van der Waals surface area contributed by atoms with Crippen LogP contribution in [0.4, 0.5) is 5.69 Å². The van der Waals surface area contributed by atoms with Crippen LogP contribution in [0.5, 0.6) is 0 Å². The summed E-state index contributed by atoms with van der Waals surface area (Å²) in [7, 11) is 0. The zero-order valence-electron chi connectivity index (χ0n) is 12.7. The topological polar surface area (TPSA) is 101 Å². The van der Waals surface area contributed by atoms with E-state index in [0.717, 1.165) is 9.56 Å². The molecule has 0 bridgehead atoms. The molecule has 3 rings (SSSR count). The van der Waals surface area contributed by atoms with Crippen molar-refractivity contribution in [3.05, 3.63) is 56.8 Å². The van der Waals surface area contributed by atoms with Crippen LogP contribution in [0.2, 0.25) is 5.02 Å². The molecule has 9 heteroatoms. The minimum absolute atomic E-state index is 0.0357. The first-order chi connectivity index (χ1) is 12.1. The molecule has 3 aromatic rings. The Morgan fingerprint density at radius 1 is 1.44 bits per heavy atom. The van der Waals surface area contributed by atoms with Gasteiger partial charge in [0.15, 0.2) is 0 Å². The SMILES string of the molecule is N#Cc1ccc(NC(=O)CCn2nc(-c3cccs3)oc2=O)cc1Cl. The number of nitriles is 1. The molecule has 0 aliphatic heterocycles. The van der Waals surface area contributed by atoms with E-state index < -0.39 is 5.76 Å². The fraction of sp³-hybridized carbons (Fsp3) is 0.125. The van der Waals surface area contributed by atoms with Gasteiger partial charge in [0, 0.05) is 12.1 Å². The zero-order valence-corrected chi connectivity index (χ0v) is 14.3.